The topological polar surface area (TPSA) is 56.1 Å². The standard InChI is InChI=1S/C12H12BrN3O2/c1-16-7-9(6-14-16)15-12(17)10-4-3-8(13)5-11(10)18-2/h3-7H,1-2H3,(H,15,17). The normalized spacial score (nSPS) is 10.2. The fourth-order valence-corrected chi connectivity index (χ4v) is 1.88. The zero-order valence-electron chi connectivity index (χ0n) is 9.98. The van der Waals surface area contributed by atoms with Crippen molar-refractivity contribution in [3.63, 3.8) is 0 Å². The van der Waals surface area contributed by atoms with Gasteiger partial charge in [-0.1, -0.05) is 15.9 Å². The molecule has 0 spiro atoms. The molecule has 0 aliphatic rings. The van der Waals surface area contributed by atoms with E-state index in [1.165, 1.54) is 7.11 Å². The third-order valence-corrected chi connectivity index (χ3v) is 2.86. The zero-order chi connectivity index (χ0) is 13.1. The van der Waals surface area contributed by atoms with E-state index >= 15 is 0 Å². The smallest absolute Gasteiger partial charge is 0.259 e. The quantitative estimate of drug-likeness (QED) is 0.947. The van der Waals surface area contributed by atoms with Gasteiger partial charge in [0.1, 0.15) is 5.75 Å². The number of methoxy groups -OCH3 is 1. The maximum Gasteiger partial charge on any atom is 0.259 e. The van der Waals surface area contributed by atoms with E-state index < -0.39 is 0 Å². The third kappa shape index (κ3) is 2.70. The highest BCUT2D eigenvalue weighted by Gasteiger charge is 2.13. The second-order valence-corrected chi connectivity index (χ2v) is 4.62. The molecule has 1 heterocycles. The summed E-state index contributed by atoms with van der Waals surface area (Å²) in [6, 6.07) is 5.24. The maximum atomic E-state index is 12.1. The van der Waals surface area contributed by atoms with E-state index in [1.54, 1.807) is 42.3 Å². The molecule has 5 nitrogen and oxygen atoms in total. The second kappa shape index (κ2) is 5.22. The molecular weight excluding hydrogens is 298 g/mol. The van der Waals surface area contributed by atoms with Crippen molar-refractivity contribution in [3.05, 3.63) is 40.6 Å². The molecule has 18 heavy (non-hydrogen) atoms. The first-order valence-electron chi connectivity index (χ1n) is 5.23. The number of carbonyl (C=O) groups is 1. The minimum atomic E-state index is -0.229. The number of benzene rings is 1. The largest absolute Gasteiger partial charge is 0.496 e. The van der Waals surface area contributed by atoms with Gasteiger partial charge in [-0.2, -0.15) is 5.10 Å². The van der Waals surface area contributed by atoms with Crippen molar-refractivity contribution in [2.75, 3.05) is 12.4 Å². The van der Waals surface area contributed by atoms with E-state index in [4.69, 9.17) is 4.74 Å². The SMILES string of the molecule is COc1cc(Br)ccc1C(=O)Nc1cnn(C)c1. The Morgan fingerprint density at radius 2 is 2.28 bits per heavy atom. The van der Waals surface area contributed by atoms with Crippen LogP contribution in [0.1, 0.15) is 10.4 Å². The molecule has 1 aromatic heterocycles. The number of halogens is 1. The summed E-state index contributed by atoms with van der Waals surface area (Å²) in [5.41, 5.74) is 1.12. The van der Waals surface area contributed by atoms with Crippen molar-refractivity contribution in [1.82, 2.24) is 9.78 Å². The summed E-state index contributed by atoms with van der Waals surface area (Å²) in [5, 5.41) is 6.74. The molecule has 0 radical (unpaired) electrons. The van der Waals surface area contributed by atoms with Gasteiger partial charge in [0.05, 0.1) is 24.6 Å². The predicted molar refractivity (Wildman–Crippen MR) is 71.9 cm³/mol. The van der Waals surface area contributed by atoms with Crippen molar-refractivity contribution in [2.24, 2.45) is 7.05 Å². The van der Waals surface area contributed by atoms with Gasteiger partial charge in [-0.15, -0.1) is 0 Å². The monoisotopic (exact) mass is 309 g/mol. The van der Waals surface area contributed by atoms with Crippen molar-refractivity contribution in [2.45, 2.75) is 0 Å². The van der Waals surface area contributed by atoms with Crippen molar-refractivity contribution in [3.8, 4) is 5.75 Å². The molecule has 0 saturated heterocycles. The van der Waals surface area contributed by atoms with Gasteiger partial charge in [-0.05, 0) is 18.2 Å². The minimum absolute atomic E-state index is 0.229. The van der Waals surface area contributed by atoms with Gasteiger partial charge in [0, 0.05) is 17.7 Å². The Morgan fingerprint density at radius 1 is 1.50 bits per heavy atom. The summed E-state index contributed by atoms with van der Waals surface area (Å²) < 4.78 is 7.66. The Morgan fingerprint density at radius 3 is 2.89 bits per heavy atom. The van der Waals surface area contributed by atoms with Crippen LogP contribution in [-0.2, 0) is 7.05 Å². The maximum absolute atomic E-state index is 12.1. The Balaban J connectivity index is 2.23. The first-order valence-corrected chi connectivity index (χ1v) is 6.03. The van der Waals surface area contributed by atoms with Crippen LogP contribution in [0.2, 0.25) is 0 Å². The molecule has 0 atom stereocenters. The van der Waals surface area contributed by atoms with Crippen molar-refractivity contribution >= 4 is 27.5 Å². The molecule has 0 bridgehead atoms. The van der Waals surface area contributed by atoms with Crippen LogP contribution < -0.4 is 10.1 Å². The van der Waals surface area contributed by atoms with E-state index in [0.717, 1.165) is 4.47 Å². The molecule has 1 amide bonds. The van der Waals surface area contributed by atoms with Crippen LogP contribution in [0.4, 0.5) is 5.69 Å². The lowest BCUT2D eigenvalue weighted by Gasteiger charge is -2.08. The molecule has 2 rings (SSSR count). The van der Waals surface area contributed by atoms with Crippen LogP contribution >= 0.6 is 15.9 Å². The zero-order valence-corrected chi connectivity index (χ0v) is 11.6. The minimum Gasteiger partial charge on any atom is -0.496 e. The Bertz CT molecular complexity index is 580. The van der Waals surface area contributed by atoms with E-state index in [1.807, 2.05) is 0 Å². The van der Waals surface area contributed by atoms with Crippen LogP contribution in [0.25, 0.3) is 0 Å². The van der Waals surface area contributed by atoms with Crippen molar-refractivity contribution in [1.29, 1.82) is 0 Å². The van der Waals surface area contributed by atoms with Gasteiger partial charge in [0.15, 0.2) is 0 Å². The highest BCUT2D eigenvalue weighted by atomic mass is 79.9. The van der Waals surface area contributed by atoms with Gasteiger partial charge < -0.3 is 10.1 Å². The number of hydrogen-bond acceptors (Lipinski definition) is 3. The van der Waals surface area contributed by atoms with Gasteiger partial charge in [-0.25, -0.2) is 0 Å². The number of ether oxygens (including phenoxy) is 1. The van der Waals surface area contributed by atoms with Crippen LogP contribution in [-0.4, -0.2) is 22.8 Å². The second-order valence-electron chi connectivity index (χ2n) is 3.70. The summed E-state index contributed by atoms with van der Waals surface area (Å²) in [6.07, 6.45) is 3.31. The molecule has 1 aromatic carbocycles. The van der Waals surface area contributed by atoms with Gasteiger partial charge in [0.2, 0.25) is 0 Å². The Labute approximate surface area is 113 Å². The average molecular weight is 310 g/mol. The molecule has 6 heteroatoms. The van der Waals surface area contributed by atoms with Crippen LogP contribution in [0.5, 0.6) is 5.75 Å². The van der Waals surface area contributed by atoms with Crippen LogP contribution in [0.15, 0.2) is 35.1 Å². The summed E-state index contributed by atoms with van der Waals surface area (Å²) in [5.74, 6) is 0.290. The van der Waals surface area contributed by atoms with E-state index in [2.05, 4.69) is 26.3 Å². The molecule has 0 aliphatic heterocycles. The molecular formula is C12H12BrN3O2. The highest BCUT2D eigenvalue weighted by molar-refractivity contribution is 9.10. The molecule has 94 valence electrons. The molecule has 2 aromatic rings. The fourth-order valence-electron chi connectivity index (χ4n) is 1.54. The summed E-state index contributed by atoms with van der Waals surface area (Å²) in [4.78, 5) is 12.1. The number of amides is 1. The average Bonchev–Trinajstić information content (AvgIpc) is 2.74. The lowest BCUT2D eigenvalue weighted by Crippen LogP contribution is -2.12. The lowest BCUT2D eigenvalue weighted by molar-refractivity contribution is 0.102. The summed E-state index contributed by atoms with van der Waals surface area (Å²) in [6.45, 7) is 0. The van der Waals surface area contributed by atoms with E-state index in [0.29, 0.717) is 17.0 Å². The number of aryl methyl sites for hydroxylation is 1. The Kier molecular flexibility index (Phi) is 3.66. The molecule has 0 unspecified atom stereocenters. The molecule has 0 saturated carbocycles. The number of carbonyl (C=O) groups excluding carboxylic acids is 1. The molecule has 0 fully saturated rings. The number of rotatable bonds is 3. The van der Waals surface area contributed by atoms with E-state index in [-0.39, 0.29) is 5.91 Å². The fraction of sp³-hybridized carbons (Fsp3) is 0.167. The lowest BCUT2D eigenvalue weighted by atomic mass is 10.2. The number of anilines is 1. The van der Waals surface area contributed by atoms with Gasteiger partial charge in [-0.3, -0.25) is 9.48 Å². The van der Waals surface area contributed by atoms with Crippen molar-refractivity contribution < 1.29 is 9.53 Å². The first-order chi connectivity index (χ1) is 8.60. The first kappa shape index (κ1) is 12.6. The van der Waals surface area contributed by atoms with Gasteiger partial charge in [0.25, 0.3) is 5.91 Å². The number of aromatic nitrogens is 2. The number of nitrogens with zero attached hydrogens (tertiary/aromatic N) is 2. The number of nitrogens with one attached hydrogen (secondary N) is 1. The number of hydrogen-bond donors (Lipinski definition) is 1. The summed E-state index contributed by atoms with van der Waals surface area (Å²) in [7, 11) is 3.32. The highest BCUT2D eigenvalue weighted by Crippen LogP contribution is 2.24. The molecule has 0 aliphatic carbocycles. The summed E-state index contributed by atoms with van der Waals surface area (Å²) >= 11 is 3.33. The molecule has 1 N–H and O–H groups in total. The predicted octanol–water partition coefficient (Wildman–Crippen LogP) is 2.44. The van der Waals surface area contributed by atoms with Crippen LogP contribution in [0, 0.1) is 0 Å². The third-order valence-electron chi connectivity index (χ3n) is 2.37. The van der Waals surface area contributed by atoms with Crippen LogP contribution in [0.3, 0.4) is 0 Å². The Hall–Kier alpha value is -1.82. The van der Waals surface area contributed by atoms with E-state index in [9.17, 15) is 4.79 Å². The van der Waals surface area contributed by atoms with Gasteiger partial charge >= 0.3 is 0 Å².